The molecule has 7 nitrogen and oxygen atoms in total. The van der Waals surface area contributed by atoms with Crippen LogP contribution in [0.15, 0.2) is 12.1 Å². The summed E-state index contributed by atoms with van der Waals surface area (Å²) in [7, 11) is 0. The molecule has 2 saturated heterocycles. The minimum Gasteiger partial charge on any atom is -0.298 e. The van der Waals surface area contributed by atoms with Gasteiger partial charge < -0.3 is 0 Å². The molecule has 0 bridgehead atoms. The fourth-order valence-electron chi connectivity index (χ4n) is 4.68. The number of fused-ring (bicyclic) bond motifs is 1. The predicted octanol–water partition coefficient (Wildman–Crippen LogP) is 2.20. The molecule has 0 aromatic heterocycles. The zero-order valence-corrected chi connectivity index (χ0v) is 17.5. The minimum absolute atomic E-state index is 0.0157. The van der Waals surface area contributed by atoms with Crippen molar-refractivity contribution < 1.29 is 23.6 Å². The van der Waals surface area contributed by atoms with Crippen LogP contribution < -0.4 is 5.32 Å². The van der Waals surface area contributed by atoms with Crippen molar-refractivity contribution in [2.45, 2.75) is 64.0 Å². The monoisotopic (exact) mass is 415 g/mol. The molecule has 1 aromatic rings. The Hall–Kier alpha value is -2.61. The Morgan fingerprint density at radius 3 is 2.13 bits per heavy atom. The highest BCUT2D eigenvalue weighted by molar-refractivity contribution is 6.23. The van der Waals surface area contributed by atoms with Gasteiger partial charge in [-0.15, -0.1) is 0 Å². The molecule has 2 fully saturated rings. The van der Waals surface area contributed by atoms with Crippen LogP contribution in [0.3, 0.4) is 0 Å². The first-order chi connectivity index (χ1) is 14.1. The van der Waals surface area contributed by atoms with Gasteiger partial charge in [0.25, 0.3) is 11.8 Å². The molecule has 0 aliphatic carbocycles. The third-order valence-electron chi connectivity index (χ3n) is 6.44. The largest absolute Gasteiger partial charge is 0.298 e. The molecular weight excluding hydrogens is 389 g/mol. The van der Waals surface area contributed by atoms with E-state index in [2.05, 4.69) is 31.0 Å². The molecule has 1 N–H and O–H groups in total. The first kappa shape index (κ1) is 20.7. The Morgan fingerprint density at radius 1 is 0.967 bits per heavy atom. The molecule has 4 amide bonds. The van der Waals surface area contributed by atoms with Gasteiger partial charge in [0.15, 0.2) is 0 Å². The number of hydrogen-bond acceptors (Lipinski definition) is 5. The molecule has 30 heavy (non-hydrogen) atoms. The third-order valence-corrected chi connectivity index (χ3v) is 6.44. The second kappa shape index (κ2) is 7.27. The summed E-state index contributed by atoms with van der Waals surface area (Å²) in [5.41, 5.74) is 0.623. The summed E-state index contributed by atoms with van der Waals surface area (Å²) in [6, 6.07) is 1.58. The van der Waals surface area contributed by atoms with Crippen LogP contribution in [0.4, 0.5) is 4.39 Å². The molecule has 3 heterocycles. The van der Waals surface area contributed by atoms with Crippen molar-refractivity contribution >= 4 is 23.6 Å². The number of carbonyl (C=O) groups excluding carboxylic acids is 4. The fraction of sp³-hybridized carbons (Fsp3) is 0.545. The van der Waals surface area contributed by atoms with Gasteiger partial charge in [0.1, 0.15) is 11.9 Å². The van der Waals surface area contributed by atoms with Crippen LogP contribution in [0, 0.1) is 5.82 Å². The molecule has 0 spiro atoms. The zero-order valence-electron chi connectivity index (χ0n) is 17.5. The molecule has 0 saturated carbocycles. The van der Waals surface area contributed by atoms with E-state index < -0.39 is 35.5 Å². The number of halogens is 1. The molecule has 1 unspecified atom stereocenters. The molecule has 3 aliphatic rings. The molecule has 1 aromatic carbocycles. The number of imide groups is 2. The minimum atomic E-state index is -1.04. The summed E-state index contributed by atoms with van der Waals surface area (Å²) in [4.78, 5) is 52.6. The van der Waals surface area contributed by atoms with E-state index in [9.17, 15) is 23.6 Å². The average molecular weight is 415 g/mol. The summed E-state index contributed by atoms with van der Waals surface area (Å²) in [5.74, 6) is -2.90. The lowest BCUT2D eigenvalue weighted by Crippen LogP contribution is -2.54. The van der Waals surface area contributed by atoms with E-state index in [1.54, 1.807) is 0 Å². The maximum Gasteiger partial charge on any atom is 0.262 e. The van der Waals surface area contributed by atoms with Crippen molar-refractivity contribution in [3.05, 3.63) is 34.6 Å². The molecule has 0 radical (unpaired) electrons. The number of nitrogens with one attached hydrogen (secondary N) is 1. The van der Waals surface area contributed by atoms with Gasteiger partial charge in [-0.3, -0.25) is 34.3 Å². The van der Waals surface area contributed by atoms with Crippen molar-refractivity contribution in [2.24, 2.45) is 0 Å². The van der Waals surface area contributed by atoms with Gasteiger partial charge in [-0.25, -0.2) is 4.39 Å². The number of benzene rings is 1. The lowest BCUT2D eigenvalue weighted by atomic mass is 9.86. The summed E-state index contributed by atoms with van der Waals surface area (Å²) >= 11 is 0. The topological polar surface area (TPSA) is 86.8 Å². The van der Waals surface area contributed by atoms with Gasteiger partial charge in [-0.1, -0.05) is 0 Å². The van der Waals surface area contributed by atoms with E-state index >= 15 is 0 Å². The number of hydrogen-bond donors (Lipinski definition) is 1. The standard InChI is InChI=1S/C22H26FN3O4/c1-22(2,3)25-8-6-12(7-9-25)13-10-14-15(11-16(13)23)21(30)26(20(14)29)17-4-5-18(27)24-19(17)28/h10-12,17H,4-9H2,1-3H3,(H,24,27,28). The van der Waals surface area contributed by atoms with Crippen molar-refractivity contribution in [3.8, 4) is 0 Å². The SMILES string of the molecule is CC(C)(C)N1CCC(c2cc3c(cc2F)C(=O)N(C2CCC(=O)NC2=O)C3=O)CC1. The Kier molecular flexibility index (Phi) is 5.00. The van der Waals surface area contributed by atoms with E-state index in [0.717, 1.165) is 36.9 Å². The van der Waals surface area contributed by atoms with E-state index in [1.165, 1.54) is 6.07 Å². The number of amides is 4. The van der Waals surface area contributed by atoms with Crippen LogP contribution in [0.5, 0.6) is 0 Å². The van der Waals surface area contributed by atoms with Gasteiger partial charge in [0, 0.05) is 12.0 Å². The van der Waals surface area contributed by atoms with Crippen LogP contribution in [-0.4, -0.2) is 58.1 Å². The zero-order chi connectivity index (χ0) is 21.8. The van der Waals surface area contributed by atoms with Gasteiger partial charge in [-0.2, -0.15) is 0 Å². The highest BCUT2D eigenvalue weighted by atomic mass is 19.1. The Bertz CT molecular complexity index is 944. The van der Waals surface area contributed by atoms with Gasteiger partial charge in [0.2, 0.25) is 11.8 Å². The molecule has 8 heteroatoms. The van der Waals surface area contributed by atoms with Crippen molar-refractivity contribution in [1.29, 1.82) is 0 Å². The van der Waals surface area contributed by atoms with Gasteiger partial charge in [-0.05, 0) is 76.7 Å². The second-order valence-electron chi connectivity index (χ2n) is 9.30. The number of rotatable bonds is 2. The van der Waals surface area contributed by atoms with Crippen LogP contribution >= 0.6 is 0 Å². The van der Waals surface area contributed by atoms with Crippen molar-refractivity contribution in [1.82, 2.24) is 15.1 Å². The summed E-state index contributed by atoms with van der Waals surface area (Å²) in [6.45, 7) is 8.12. The highest BCUT2D eigenvalue weighted by Crippen LogP contribution is 2.36. The van der Waals surface area contributed by atoms with Crippen LogP contribution in [0.25, 0.3) is 0 Å². The van der Waals surface area contributed by atoms with E-state index in [4.69, 9.17) is 0 Å². The number of nitrogens with zero attached hydrogens (tertiary/aromatic N) is 2. The maximum absolute atomic E-state index is 14.9. The quantitative estimate of drug-likeness (QED) is 0.749. The molecular formula is C22H26FN3O4. The van der Waals surface area contributed by atoms with Crippen molar-refractivity contribution in [2.75, 3.05) is 13.1 Å². The van der Waals surface area contributed by atoms with E-state index in [1.807, 2.05) is 0 Å². The molecule has 1 atom stereocenters. The van der Waals surface area contributed by atoms with Crippen LogP contribution in [-0.2, 0) is 9.59 Å². The lowest BCUT2D eigenvalue weighted by Gasteiger charge is -2.41. The van der Waals surface area contributed by atoms with Crippen LogP contribution in [0.1, 0.15) is 78.7 Å². The molecule has 160 valence electrons. The first-order valence-electron chi connectivity index (χ1n) is 10.4. The second-order valence-corrected chi connectivity index (χ2v) is 9.30. The average Bonchev–Trinajstić information content (AvgIpc) is 2.91. The number of piperidine rings is 2. The summed E-state index contributed by atoms with van der Waals surface area (Å²) in [5, 5.41) is 2.16. The summed E-state index contributed by atoms with van der Waals surface area (Å²) < 4.78 is 14.9. The van der Waals surface area contributed by atoms with E-state index in [-0.39, 0.29) is 35.4 Å². The Balaban J connectivity index is 1.59. The van der Waals surface area contributed by atoms with Gasteiger partial charge in [0.05, 0.1) is 11.1 Å². The first-order valence-corrected chi connectivity index (χ1v) is 10.4. The lowest BCUT2D eigenvalue weighted by molar-refractivity contribution is -0.136. The summed E-state index contributed by atoms with van der Waals surface area (Å²) in [6.07, 6.45) is 1.67. The molecule has 4 rings (SSSR count). The molecule has 3 aliphatic heterocycles. The number of carbonyl (C=O) groups is 4. The Morgan fingerprint density at radius 2 is 1.57 bits per heavy atom. The van der Waals surface area contributed by atoms with E-state index in [0.29, 0.717) is 5.56 Å². The van der Waals surface area contributed by atoms with Gasteiger partial charge >= 0.3 is 0 Å². The van der Waals surface area contributed by atoms with Crippen molar-refractivity contribution in [3.63, 3.8) is 0 Å². The normalized spacial score (nSPS) is 23.7. The fourth-order valence-corrected chi connectivity index (χ4v) is 4.68. The smallest absolute Gasteiger partial charge is 0.262 e. The number of likely N-dealkylation sites (tertiary alicyclic amines) is 1. The third kappa shape index (κ3) is 3.43. The maximum atomic E-state index is 14.9. The predicted molar refractivity (Wildman–Crippen MR) is 106 cm³/mol. The highest BCUT2D eigenvalue weighted by Gasteiger charge is 2.45. The van der Waals surface area contributed by atoms with Crippen LogP contribution in [0.2, 0.25) is 0 Å². The Labute approximate surface area is 174 Å².